The van der Waals surface area contributed by atoms with E-state index in [1.54, 1.807) is 0 Å². The molecule has 0 aliphatic heterocycles. The Kier molecular flexibility index (Phi) is 6.68. The molecular formula is C5H10BrMgN. The van der Waals surface area contributed by atoms with Gasteiger partial charge >= 0.3 is 23.1 Å². The van der Waals surface area contributed by atoms with E-state index in [4.69, 9.17) is 5.73 Å². The molecule has 0 spiro atoms. The minimum atomic E-state index is -0.358. The van der Waals surface area contributed by atoms with Crippen molar-refractivity contribution in [3.05, 3.63) is 0 Å². The molecule has 0 aromatic heterocycles. The summed E-state index contributed by atoms with van der Waals surface area (Å²) in [4.78, 5) is 2.55. The fourth-order valence-corrected chi connectivity index (χ4v) is 0.633. The highest BCUT2D eigenvalue weighted by molar-refractivity contribution is 9.12. The molecule has 0 rings (SSSR count). The van der Waals surface area contributed by atoms with Gasteiger partial charge in [-0.3, -0.25) is 0 Å². The largest absolute Gasteiger partial charge is 0.316 e. The molecule has 0 atom stereocenters. The Labute approximate surface area is 74.7 Å². The van der Waals surface area contributed by atoms with Gasteiger partial charge in [0.1, 0.15) is 0 Å². The van der Waals surface area contributed by atoms with Crippen molar-refractivity contribution in [3.8, 4) is 10.8 Å². The van der Waals surface area contributed by atoms with Crippen LogP contribution in [-0.2, 0) is 0 Å². The maximum absolute atomic E-state index is 5.44. The average Bonchev–Trinajstić information content (AvgIpc) is 1.30. The van der Waals surface area contributed by atoms with Crippen LogP contribution in [0.5, 0.6) is 0 Å². The molecular weight excluding hydrogens is 178 g/mol. The lowest BCUT2D eigenvalue weighted by Crippen LogP contribution is -2.29. The molecule has 1 nitrogen and oxygen atoms in total. The lowest BCUT2D eigenvalue weighted by Gasteiger charge is -2.05. The second kappa shape index (κ2) is 4.63. The lowest BCUT2D eigenvalue weighted by molar-refractivity contribution is 0.681. The smallest absolute Gasteiger partial charge is 0.316 e. The van der Waals surface area contributed by atoms with Gasteiger partial charge in [-0.25, -0.2) is 0 Å². The van der Waals surface area contributed by atoms with Gasteiger partial charge in [-0.2, -0.15) is 0 Å². The Morgan fingerprint density at radius 3 is 1.88 bits per heavy atom. The van der Waals surface area contributed by atoms with E-state index in [9.17, 15) is 0 Å². The number of hydrogen-bond acceptors (Lipinski definition) is 1. The normalized spacial score (nSPS) is 8.50. The molecule has 0 bridgehead atoms. The van der Waals surface area contributed by atoms with Crippen molar-refractivity contribution in [1.29, 1.82) is 0 Å². The van der Waals surface area contributed by atoms with Gasteiger partial charge in [0.05, 0.1) is 5.54 Å². The maximum atomic E-state index is 5.44. The van der Waals surface area contributed by atoms with E-state index < -0.39 is 0 Å². The Morgan fingerprint density at radius 1 is 1.50 bits per heavy atom. The highest BCUT2D eigenvalue weighted by Gasteiger charge is 2.02. The summed E-state index contributed by atoms with van der Waals surface area (Å²) in [5, 5.41) is 0. The third kappa shape index (κ3) is 9.90. The van der Waals surface area contributed by atoms with Crippen molar-refractivity contribution in [2.45, 2.75) is 19.4 Å². The minimum Gasteiger partial charge on any atom is -0.316 e. The highest BCUT2D eigenvalue weighted by atomic mass is 79.9. The molecule has 8 heavy (non-hydrogen) atoms. The monoisotopic (exact) mass is 187 g/mol. The molecule has 0 saturated carbocycles. The van der Waals surface area contributed by atoms with Crippen LogP contribution in [0.15, 0.2) is 0 Å². The van der Waals surface area contributed by atoms with Crippen LogP contribution in [0.4, 0.5) is 0 Å². The summed E-state index contributed by atoms with van der Waals surface area (Å²) in [7, 11) is 0. The summed E-state index contributed by atoms with van der Waals surface area (Å²) >= 11 is 2.94. The Hall–Kier alpha value is 0.766. The van der Waals surface area contributed by atoms with Gasteiger partial charge in [0.2, 0.25) is 0 Å². The van der Waals surface area contributed by atoms with Crippen LogP contribution >= 0.6 is 15.9 Å². The van der Waals surface area contributed by atoms with E-state index in [2.05, 4.69) is 26.7 Å². The summed E-state index contributed by atoms with van der Waals surface area (Å²) in [5.74, 6) is 2.73. The molecule has 0 aromatic carbocycles. The van der Waals surface area contributed by atoms with Gasteiger partial charge in [-0.05, 0) is 18.7 Å². The Morgan fingerprint density at radius 2 is 1.88 bits per heavy atom. The van der Waals surface area contributed by atoms with Crippen LogP contribution in [-0.4, -0.2) is 28.6 Å². The molecule has 3 heteroatoms. The molecule has 0 radical (unpaired) electrons. The average molecular weight is 188 g/mol. The third-order valence-electron chi connectivity index (χ3n) is 0.369. The third-order valence-corrected chi connectivity index (χ3v) is 0.568. The molecule has 44 valence electrons. The number of hydrogen-bond donors (Lipinski definition) is 1. The standard InChI is InChI=1S/C5H8BrN.Mg.2H/c1-5(2,7)3-4-6;;;/h7H2,1-2H3;;;. The van der Waals surface area contributed by atoms with E-state index in [0.29, 0.717) is 0 Å². The molecule has 0 saturated heterocycles. The number of nitrogens with two attached hydrogens (primary N) is 1. The van der Waals surface area contributed by atoms with E-state index >= 15 is 0 Å². The van der Waals surface area contributed by atoms with Gasteiger partial charge in [0.15, 0.2) is 0 Å². The summed E-state index contributed by atoms with van der Waals surface area (Å²) in [5.41, 5.74) is 5.08. The molecule has 0 fully saturated rings. The zero-order valence-corrected chi connectivity index (χ0v) is 6.04. The van der Waals surface area contributed by atoms with Crippen LogP contribution in [0.2, 0.25) is 0 Å². The van der Waals surface area contributed by atoms with E-state index in [0.717, 1.165) is 0 Å². The van der Waals surface area contributed by atoms with Gasteiger partial charge in [0, 0.05) is 15.9 Å². The van der Waals surface area contributed by atoms with Gasteiger partial charge in [-0.1, -0.05) is 5.92 Å². The van der Waals surface area contributed by atoms with Crippen LogP contribution in [0.3, 0.4) is 0 Å². The van der Waals surface area contributed by atoms with Crippen LogP contribution < -0.4 is 5.73 Å². The van der Waals surface area contributed by atoms with Crippen molar-refractivity contribution < 1.29 is 0 Å². The first-order valence-electron chi connectivity index (χ1n) is 1.98. The predicted molar refractivity (Wildman–Crippen MR) is 43.5 cm³/mol. The van der Waals surface area contributed by atoms with Crippen molar-refractivity contribution in [3.63, 3.8) is 0 Å². The van der Waals surface area contributed by atoms with Crippen LogP contribution in [0.25, 0.3) is 0 Å². The fourth-order valence-electron chi connectivity index (χ4n) is 0.122. The van der Waals surface area contributed by atoms with Crippen molar-refractivity contribution in [1.82, 2.24) is 0 Å². The second-order valence-electron chi connectivity index (χ2n) is 1.94. The van der Waals surface area contributed by atoms with E-state index in [-0.39, 0.29) is 28.6 Å². The van der Waals surface area contributed by atoms with Crippen LogP contribution in [0.1, 0.15) is 13.8 Å². The fraction of sp³-hybridized carbons (Fsp3) is 0.600. The van der Waals surface area contributed by atoms with Crippen LogP contribution in [0, 0.1) is 10.8 Å². The first-order valence-corrected chi connectivity index (χ1v) is 2.77. The highest BCUT2D eigenvalue weighted by Crippen LogP contribution is 1.91. The lowest BCUT2D eigenvalue weighted by atomic mass is 10.1. The zero-order chi connectivity index (χ0) is 5.91. The SMILES string of the molecule is CC(C)(N)C#CBr.[MgH2]. The molecule has 2 N–H and O–H groups in total. The first-order chi connectivity index (χ1) is 3.06. The molecule has 0 aliphatic rings. The predicted octanol–water partition coefficient (Wildman–Crippen LogP) is 0.163. The maximum Gasteiger partial charge on any atom is 0.316 e. The van der Waals surface area contributed by atoms with Gasteiger partial charge in [0.25, 0.3) is 0 Å². The quantitative estimate of drug-likeness (QED) is 0.425. The van der Waals surface area contributed by atoms with Crippen molar-refractivity contribution in [2.75, 3.05) is 0 Å². The van der Waals surface area contributed by atoms with Gasteiger partial charge in [-0.15, -0.1) is 0 Å². The Bertz CT molecular complexity index is 106. The molecule has 0 aliphatic carbocycles. The summed E-state index contributed by atoms with van der Waals surface area (Å²) in [6.07, 6.45) is 0. The van der Waals surface area contributed by atoms with Gasteiger partial charge < -0.3 is 5.73 Å². The number of halogens is 1. The van der Waals surface area contributed by atoms with Crippen molar-refractivity contribution >= 4 is 39.0 Å². The molecule has 0 unspecified atom stereocenters. The summed E-state index contributed by atoms with van der Waals surface area (Å²) in [6.45, 7) is 3.70. The topological polar surface area (TPSA) is 26.0 Å². The zero-order valence-electron chi connectivity index (χ0n) is 4.46. The molecule has 0 amide bonds. The number of rotatable bonds is 0. The summed E-state index contributed by atoms with van der Waals surface area (Å²) in [6, 6.07) is 0. The first kappa shape index (κ1) is 11.5. The second-order valence-corrected chi connectivity index (χ2v) is 2.34. The Balaban J connectivity index is 0. The van der Waals surface area contributed by atoms with E-state index in [1.807, 2.05) is 13.8 Å². The molecule has 0 aromatic rings. The minimum absolute atomic E-state index is 0. The molecule has 0 heterocycles. The van der Waals surface area contributed by atoms with Crippen molar-refractivity contribution in [2.24, 2.45) is 5.73 Å². The summed E-state index contributed by atoms with van der Waals surface area (Å²) < 4.78 is 0. The van der Waals surface area contributed by atoms with E-state index in [1.165, 1.54) is 0 Å².